The highest BCUT2D eigenvalue weighted by molar-refractivity contribution is 5.76. The second-order valence-corrected chi connectivity index (χ2v) is 3.57. The van der Waals surface area contributed by atoms with E-state index in [0.29, 0.717) is 6.42 Å². The molecular formula is C10H22N2O3. The lowest BCUT2D eigenvalue weighted by Gasteiger charge is -2.22. The highest BCUT2D eigenvalue weighted by Crippen LogP contribution is 2.00. The third kappa shape index (κ3) is 5.71. The zero-order valence-electron chi connectivity index (χ0n) is 9.95. The molecule has 2 atom stereocenters. The van der Waals surface area contributed by atoms with E-state index in [-0.39, 0.29) is 18.0 Å². The maximum atomic E-state index is 11.5. The van der Waals surface area contributed by atoms with Crippen molar-refractivity contribution >= 4 is 5.91 Å². The SMILES string of the molecule is CCC(N)CC(=O)NC(C)C(OC)OC. The third-order valence-electron chi connectivity index (χ3n) is 2.23. The van der Waals surface area contributed by atoms with Crippen molar-refractivity contribution in [2.24, 2.45) is 5.73 Å². The van der Waals surface area contributed by atoms with Crippen molar-refractivity contribution in [3.63, 3.8) is 0 Å². The highest BCUT2D eigenvalue weighted by atomic mass is 16.7. The van der Waals surface area contributed by atoms with E-state index in [1.54, 1.807) is 0 Å². The number of hydrogen-bond acceptors (Lipinski definition) is 4. The molecular weight excluding hydrogens is 196 g/mol. The molecule has 0 aromatic rings. The van der Waals surface area contributed by atoms with Gasteiger partial charge in [-0.15, -0.1) is 0 Å². The number of amides is 1. The lowest BCUT2D eigenvalue weighted by Crippen LogP contribution is -2.44. The standard InChI is InChI=1S/C10H22N2O3/c1-5-8(11)6-9(13)12-7(2)10(14-3)15-4/h7-8,10H,5-6,11H2,1-4H3,(H,12,13). The van der Waals surface area contributed by atoms with Gasteiger partial charge in [0.25, 0.3) is 0 Å². The van der Waals surface area contributed by atoms with Crippen LogP contribution in [0.25, 0.3) is 0 Å². The Labute approximate surface area is 91.3 Å². The number of nitrogens with two attached hydrogens (primary N) is 1. The molecule has 5 heteroatoms. The fraction of sp³-hybridized carbons (Fsp3) is 0.900. The number of nitrogens with one attached hydrogen (secondary N) is 1. The van der Waals surface area contributed by atoms with Crippen molar-refractivity contribution in [2.75, 3.05) is 14.2 Å². The molecule has 2 unspecified atom stereocenters. The van der Waals surface area contributed by atoms with Crippen LogP contribution in [0.1, 0.15) is 26.7 Å². The molecule has 0 aliphatic carbocycles. The number of hydrogen-bond donors (Lipinski definition) is 2. The van der Waals surface area contributed by atoms with Gasteiger partial charge in [0.15, 0.2) is 6.29 Å². The molecule has 90 valence electrons. The van der Waals surface area contributed by atoms with Crippen LogP contribution in [0.15, 0.2) is 0 Å². The van der Waals surface area contributed by atoms with Gasteiger partial charge in [-0.2, -0.15) is 0 Å². The highest BCUT2D eigenvalue weighted by Gasteiger charge is 2.18. The summed E-state index contributed by atoms with van der Waals surface area (Å²) in [5.41, 5.74) is 5.67. The number of ether oxygens (including phenoxy) is 2. The van der Waals surface area contributed by atoms with Gasteiger partial charge in [0.2, 0.25) is 5.91 Å². The van der Waals surface area contributed by atoms with Crippen molar-refractivity contribution in [1.82, 2.24) is 5.32 Å². The van der Waals surface area contributed by atoms with Gasteiger partial charge in [0.05, 0.1) is 6.04 Å². The van der Waals surface area contributed by atoms with Gasteiger partial charge < -0.3 is 20.5 Å². The molecule has 0 bridgehead atoms. The van der Waals surface area contributed by atoms with E-state index in [2.05, 4.69) is 5.32 Å². The molecule has 0 rings (SSSR count). The van der Waals surface area contributed by atoms with Gasteiger partial charge in [0, 0.05) is 26.7 Å². The molecule has 0 aromatic carbocycles. The summed E-state index contributed by atoms with van der Waals surface area (Å²) in [5.74, 6) is -0.0732. The van der Waals surface area contributed by atoms with Gasteiger partial charge in [-0.25, -0.2) is 0 Å². The molecule has 0 saturated heterocycles. The first-order valence-electron chi connectivity index (χ1n) is 5.15. The van der Waals surface area contributed by atoms with E-state index in [9.17, 15) is 4.79 Å². The first-order chi connectivity index (χ1) is 7.04. The van der Waals surface area contributed by atoms with E-state index in [4.69, 9.17) is 15.2 Å². The molecule has 0 aliphatic heterocycles. The van der Waals surface area contributed by atoms with Crippen LogP contribution in [0.5, 0.6) is 0 Å². The molecule has 3 N–H and O–H groups in total. The number of carbonyl (C=O) groups is 1. The molecule has 5 nitrogen and oxygen atoms in total. The monoisotopic (exact) mass is 218 g/mol. The molecule has 0 aromatic heterocycles. The fourth-order valence-corrected chi connectivity index (χ4v) is 1.27. The van der Waals surface area contributed by atoms with Gasteiger partial charge in [0.1, 0.15) is 0 Å². The van der Waals surface area contributed by atoms with Crippen molar-refractivity contribution in [3.8, 4) is 0 Å². The minimum Gasteiger partial charge on any atom is -0.354 e. The van der Waals surface area contributed by atoms with Crippen LogP contribution in [0.3, 0.4) is 0 Å². The van der Waals surface area contributed by atoms with E-state index in [1.165, 1.54) is 14.2 Å². The Morgan fingerprint density at radius 3 is 2.33 bits per heavy atom. The Kier molecular flexibility index (Phi) is 7.29. The second kappa shape index (κ2) is 7.62. The summed E-state index contributed by atoms with van der Waals surface area (Å²) >= 11 is 0. The topological polar surface area (TPSA) is 73.6 Å². The quantitative estimate of drug-likeness (QED) is 0.600. The summed E-state index contributed by atoms with van der Waals surface area (Å²) in [4.78, 5) is 11.5. The predicted octanol–water partition coefficient (Wildman–Crippen LogP) is 0.237. The molecule has 0 saturated carbocycles. The van der Waals surface area contributed by atoms with Crippen molar-refractivity contribution in [3.05, 3.63) is 0 Å². The van der Waals surface area contributed by atoms with Gasteiger partial charge in [-0.3, -0.25) is 4.79 Å². The summed E-state index contributed by atoms with van der Waals surface area (Å²) in [6.07, 6.45) is 0.702. The van der Waals surface area contributed by atoms with Crippen LogP contribution in [-0.4, -0.2) is 38.5 Å². The average Bonchev–Trinajstić information content (AvgIpc) is 2.19. The van der Waals surface area contributed by atoms with Crippen LogP contribution in [0.2, 0.25) is 0 Å². The Balaban J connectivity index is 3.94. The largest absolute Gasteiger partial charge is 0.354 e. The molecule has 0 fully saturated rings. The first-order valence-corrected chi connectivity index (χ1v) is 5.15. The molecule has 0 aliphatic rings. The Hall–Kier alpha value is -0.650. The van der Waals surface area contributed by atoms with E-state index in [1.807, 2.05) is 13.8 Å². The fourth-order valence-electron chi connectivity index (χ4n) is 1.27. The Morgan fingerprint density at radius 2 is 1.93 bits per heavy atom. The first kappa shape index (κ1) is 14.3. The maximum Gasteiger partial charge on any atom is 0.221 e. The molecule has 1 amide bonds. The normalized spacial score (nSPS) is 15.1. The van der Waals surface area contributed by atoms with Gasteiger partial charge >= 0.3 is 0 Å². The van der Waals surface area contributed by atoms with Crippen molar-refractivity contribution in [1.29, 1.82) is 0 Å². The lowest BCUT2D eigenvalue weighted by atomic mass is 10.1. The summed E-state index contributed by atoms with van der Waals surface area (Å²) < 4.78 is 10.1. The summed E-state index contributed by atoms with van der Waals surface area (Å²) in [6.45, 7) is 3.78. The van der Waals surface area contributed by atoms with Crippen LogP contribution in [-0.2, 0) is 14.3 Å². The maximum absolute atomic E-state index is 11.5. The second-order valence-electron chi connectivity index (χ2n) is 3.57. The predicted molar refractivity (Wildman–Crippen MR) is 58.3 cm³/mol. The van der Waals surface area contributed by atoms with Gasteiger partial charge in [-0.1, -0.05) is 6.92 Å². The zero-order valence-corrected chi connectivity index (χ0v) is 9.95. The minimum absolute atomic E-state index is 0.0732. The van der Waals surface area contributed by atoms with E-state index in [0.717, 1.165) is 6.42 Å². The van der Waals surface area contributed by atoms with Crippen LogP contribution >= 0.6 is 0 Å². The number of rotatable bonds is 7. The van der Waals surface area contributed by atoms with Crippen LogP contribution < -0.4 is 11.1 Å². The summed E-state index contributed by atoms with van der Waals surface area (Å²) in [6, 6.07) is -0.266. The molecule has 0 spiro atoms. The Bertz CT molecular complexity index is 184. The average molecular weight is 218 g/mol. The molecule has 0 radical (unpaired) electrons. The summed E-state index contributed by atoms with van der Waals surface area (Å²) in [5, 5.41) is 2.78. The molecule has 0 heterocycles. The van der Waals surface area contributed by atoms with Crippen LogP contribution in [0.4, 0.5) is 0 Å². The van der Waals surface area contributed by atoms with E-state index < -0.39 is 6.29 Å². The lowest BCUT2D eigenvalue weighted by molar-refractivity contribution is -0.136. The number of methoxy groups -OCH3 is 2. The van der Waals surface area contributed by atoms with Gasteiger partial charge in [-0.05, 0) is 13.3 Å². The van der Waals surface area contributed by atoms with Crippen molar-refractivity contribution < 1.29 is 14.3 Å². The number of carbonyl (C=O) groups excluding carboxylic acids is 1. The smallest absolute Gasteiger partial charge is 0.221 e. The minimum atomic E-state index is -0.424. The van der Waals surface area contributed by atoms with Crippen LogP contribution in [0, 0.1) is 0 Å². The Morgan fingerprint density at radius 1 is 1.40 bits per heavy atom. The van der Waals surface area contributed by atoms with Crippen molar-refractivity contribution in [2.45, 2.75) is 45.1 Å². The van der Waals surface area contributed by atoms with E-state index >= 15 is 0 Å². The summed E-state index contributed by atoms with van der Waals surface area (Å²) in [7, 11) is 3.07. The third-order valence-corrected chi connectivity index (χ3v) is 2.23. The molecule has 15 heavy (non-hydrogen) atoms. The zero-order chi connectivity index (χ0) is 11.8.